The summed E-state index contributed by atoms with van der Waals surface area (Å²) >= 11 is 0. The predicted octanol–water partition coefficient (Wildman–Crippen LogP) is -0.459. The van der Waals surface area contributed by atoms with Gasteiger partial charge in [0, 0.05) is 6.42 Å². The highest BCUT2D eigenvalue weighted by Crippen LogP contribution is 2.50. The Morgan fingerprint density at radius 3 is 2.63 bits per heavy atom. The van der Waals surface area contributed by atoms with Gasteiger partial charge in [0.15, 0.2) is 28.9 Å². The van der Waals surface area contributed by atoms with Gasteiger partial charge in [-0.25, -0.2) is 28.6 Å². The van der Waals surface area contributed by atoms with E-state index in [-0.39, 0.29) is 36.0 Å². The molecule has 21 nitrogen and oxygen atoms in total. The van der Waals surface area contributed by atoms with E-state index in [0.29, 0.717) is 24.2 Å². The van der Waals surface area contributed by atoms with Gasteiger partial charge < -0.3 is 35.6 Å². The predicted molar refractivity (Wildman–Crippen MR) is 142 cm³/mol. The number of rotatable bonds is 10. The number of H-pyrrole nitrogens is 1. The molecular formula is C20H26N10O11P2. The lowest BCUT2D eigenvalue weighted by Crippen LogP contribution is -2.23. The topological polar surface area (TPSA) is 300 Å². The van der Waals surface area contributed by atoms with Crippen LogP contribution in [0.25, 0.3) is 16.8 Å². The van der Waals surface area contributed by atoms with E-state index in [9.17, 15) is 18.8 Å². The first-order valence-corrected chi connectivity index (χ1v) is 15.7. The summed E-state index contributed by atoms with van der Waals surface area (Å²) in [6, 6.07) is 0. The van der Waals surface area contributed by atoms with E-state index in [0.717, 1.165) is 0 Å². The Balaban J connectivity index is 1.14. The van der Waals surface area contributed by atoms with E-state index in [2.05, 4.69) is 34.5 Å². The van der Waals surface area contributed by atoms with Crippen LogP contribution in [0.2, 0.25) is 0 Å². The molecule has 6 rings (SSSR count). The van der Waals surface area contributed by atoms with Crippen LogP contribution in [-0.4, -0.2) is 85.3 Å². The lowest BCUT2D eigenvalue weighted by Gasteiger charge is -2.23. The number of imidazole rings is 2. The van der Waals surface area contributed by atoms with Gasteiger partial charge in [0.25, 0.3) is 5.56 Å². The van der Waals surface area contributed by atoms with Gasteiger partial charge in [-0.2, -0.15) is 10.1 Å². The molecule has 2 saturated heterocycles. The van der Waals surface area contributed by atoms with Crippen molar-refractivity contribution in [1.29, 1.82) is 0 Å². The average Bonchev–Trinajstić information content (AvgIpc) is 3.71. The minimum Gasteiger partial charge on any atom is -0.381 e. The Labute approximate surface area is 240 Å². The van der Waals surface area contributed by atoms with Crippen molar-refractivity contribution in [2.45, 2.75) is 49.9 Å². The van der Waals surface area contributed by atoms with Crippen molar-refractivity contribution >= 4 is 44.2 Å². The van der Waals surface area contributed by atoms with Crippen molar-refractivity contribution in [3.63, 3.8) is 0 Å². The van der Waals surface area contributed by atoms with E-state index in [1.165, 1.54) is 21.7 Å². The maximum absolute atomic E-state index is 13.0. The van der Waals surface area contributed by atoms with Gasteiger partial charge in [0.2, 0.25) is 5.95 Å². The number of hydrogen-bond donors (Lipinski definition) is 6. The zero-order valence-corrected chi connectivity index (χ0v) is 23.7. The molecular weight excluding hydrogens is 618 g/mol. The smallest absolute Gasteiger partial charge is 0.381 e. The summed E-state index contributed by atoms with van der Waals surface area (Å²) in [7, 11) is -9.62. The van der Waals surface area contributed by atoms with Crippen LogP contribution in [0.3, 0.4) is 0 Å². The fourth-order valence-electron chi connectivity index (χ4n) is 4.97. The number of ether oxygens (including phenoxy) is 2. The first kappa shape index (κ1) is 29.7. The molecule has 0 spiro atoms. The Kier molecular flexibility index (Phi) is 7.80. The van der Waals surface area contributed by atoms with Crippen molar-refractivity contribution in [2.75, 3.05) is 24.7 Å². The molecule has 6 atom stereocenters. The van der Waals surface area contributed by atoms with Gasteiger partial charge in [-0.15, -0.1) is 0 Å². The molecule has 2 aliphatic heterocycles. The molecule has 0 saturated carbocycles. The Morgan fingerprint density at radius 2 is 1.84 bits per heavy atom. The lowest BCUT2D eigenvalue weighted by molar-refractivity contribution is -0.0512. The molecule has 232 valence electrons. The van der Waals surface area contributed by atoms with Gasteiger partial charge in [-0.05, 0) is 12.8 Å². The maximum Gasteiger partial charge on any atom is 0.472 e. The summed E-state index contributed by atoms with van der Waals surface area (Å²) < 4.78 is 54.1. The number of phosphoric acid groups is 2. The number of nitrogens with one attached hydrogen (secondary N) is 1. The van der Waals surface area contributed by atoms with Crippen LogP contribution in [0.15, 0.2) is 23.6 Å². The van der Waals surface area contributed by atoms with E-state index in [1.54, 1.807) is 6.20 Å². The highest BCUT2D eigenvalue weighted by molar-refractivity contribution is 7.47. The summed E-state index contributed by atoms with van der Waals surface area (Å²) in [5.74, 6) is -0.0149. The SMILES string of the molecule is Nc1nc2c(ncn2[C@@H]2O[C@H](COP(=O)(O)O)CC2OP(=O)(O)OC[C@@H]2CC[C@H](c3cnc4c(N)ncnn34)O2)c(=O)[nH]1. The minimum atomic E-state index is -4.85. The van der Waals surface area contributed by atoms with E-state index < -0.39 is 58.5 Å². The molecule has 0 bridgehead atoms. The summed E-state index contributed by atoms with van der Waals surface area (Å²) in [5.41, 5.74) is 11.8. The third-order valence-corrected chi connectivity index (χ3v) is 8.28. The number of nitrogens with zero attached hydrogens (tertiary/aromatic N) is 7. The molecule has 0 aliphatic carbocycles. The quantitative estimate of drug-likeness (QED) is 0.119. The standard InChI is InChI=1S/C20H26N10O11P2/c21-15-17-23-4-11(30(17)26-7-24-15)12-2-1-9(39-12)5-38-43(35,36)41-13-3-10(6-37-42(32,33)34)40-19(13)29-8-25-14-16(29)27-20(22)28-18(14)31/h4,7-10,12-13,19H,1-3,5-6H2,(H,35,36)(H2,21,24,26)(H2,32,33,34)(H3,22,27,28,31)/t9-,10-,12+,13?,19+/m0/s1. The second kappa shape index (κ2) is 11.3. The molecule has 0 aromatic carbocycles. The largest absolute Gasteiger partial charge is 0.472 e. The third kappa shape index (κ3) is 6.31. The highest BCUT2D eigenvalue weighted by Gasteiger charge is 2.44. The van der Waals surface area contributed by atoms with Crippen LogP contribution in [0.5, 0.6) is 0 Å². The third-order valence-electron chi connectivity index (χ3n) is 6.79. The lowest BCUT2D eigenvalue weighted by atomic mass is 10.1. The van der Waals surface area contributed by atoms with Gasteiger partial charge in [-0.1, -0.05) is 0 Å². The molecule has 43 heavy (non-hydrogen) atoms. The molecule has 2 fully saturated rings. The molecule has 0 radical (unpaired) electrons. The first-order chi connectivity index (χ1) is 20.4. The Bertz CT molecular complexity index is 1810. The van der Waals surface area contributed by atoms with Gasteiger partial charge in [-0.3, -0.25) is 27.9 Å². The number of nitrogens with two attached hydrogens (primary N) is 2. The van der Waals surface area contributed by atoms with Crippen molar-refractivity contribution in [2.24, 2.45) is 0 Å². The van der Waals surface area contributed by atoms with Crippen molar-refractivity contribution < 1.29 is 46.9 Å². The van der Waals surface area contributed by atoms with E-state index in [4.69, 9.17) is 39.8 Å². The number of phosphoric ester groups is 2. The zero-order chi connectivity index (χ0) is 30.5. The molecule has 4 aromatic heterocycles. The summed E-state index contributed by atoms with van der Waals surface area (Å²) in [5, 5.41) is 4.15. The van der Waals surface area contributed by atoms with E-state index in [1.807, 2.05) is 0 Å². The van der Waals surface area contributed by atoms with E-state index >= 15 is 0 Å². The summed E-state index contributed by atoms with van der Waals surface area (Å²) in [6.45, 7) is -0.875. The number of nitrogen functional groups attached to an aromatic ring is 2. The molecule has 8 N–H and O–H groups in total. The average molecular weight is 644 g/mol. The molecule has 4 aromatic rings. The second-order valence-corrected chi connectivity index (χ2v) is 12.4. The normalized spacial score (nSPS) is 26.0. The van der Waals surface area contributed by atoms with Crippen molar-refractivity contribution in [3.8, 4) is 0 Å². The number of fused-ring (bicyclic) bond motifs is 2. The highest BCUT2D eigenvalue weighted by atomic mass is 31.2. The number of aromatic amines is 1. The zero-order valence-electron chi connectivity index (χ0n) is 21.9. The monoisotopic (exact) mass is 644 g/mol. The Morgan fingerprint density at radius 1 is 1.05 bits per heavy atom. The minimum absolute atomic E-state index is 0.0186. The number of hydrogen-bond acceptors (Lipinski definition) is 15. The van der Waals surface area contributed by atoms with Gasteiger partial charge in [0.05, 0.1) is 43.6 Å². The molecule has 6 heterocycles. The summed E-state index contributed by atoms with van der Waals surface area (Å²) in [6.07, 6.45) is 0.452. The number of aromatic nitrogens is 8. The van der Waals surface area contributed by atoms with Crippen LogP contribution in [0, 0.1) is 0 Å². The van der Waals surface area contributed by atoms with Crippen molar-refractivity contribution in [1.82, 2.24) is 39.1 Å². The summed E-state index contributed by atoms with van der Waals surface area (Å²) in [4.78, 5) is 59.5. The van der Waals surface area contributed by atoms with Crippen LogP contribution in [0.4, 0.5) is 11.8 Å². The second-order valence-electron chi connectivity index (χ2n) is 9.74. The van der Waals surface area contributed by atoms with Crippen LogP contribution >= 0.6 is 15.6 Å². The van der Waals surface area contributed by atoms with Gasteiger partial charge >= 0.3 is 15.6 Å². The molecule has 2 aliphatic rings. The van der Waals surface area contributed by atoms with Crippen LogP contribution in [0.1, 0.15) is 37.3 Å². The van der Waals surface area contributed by atoms with Gasteiger partial charge in [0.1, 0.15) is 18.5 Å². The van der Waals surface area contributed by atoms with Crippen LogP contribution in [-0.2, 0) is 32.2 Å². The first-order valence-electron chi connectivity index (χ1n) is 12.7. The number of anilines is 2. The van der Waals surface area contributed by atoms with Crippen molar-refractivity contribution in [3.05, 3.63) is 34.9 Å². The Hall–Kier alpha value is -3.36. The molecule has 0 amide bonds. The molecule has 2 unspecified atom stereocenters. The fourth-order valence-corrected chi connectivity index (χ4v) is 6.28. The maximum atomic E-state index is 13.0. The molecule has 23 heteroatoms. The fraction of sp³-hybridized carbons (Fsp3) is 0.500. The van der Waals surface area contributed by atoms with Crippen LogP contribution < -0.4 is 17.0 Å².